The minimum atomic E-state index is -0.740. The Kier molecular flexibility index (Phi) is 9.46. The molecule has 2 atom stereocenters. The monoisotopic (exact) mass is 530 g/mol. The number of hydrogen-bond acceptors (Lipinski definition) is 5. The molecule has 3 aromatic rings. The number of aromatic nitrogens is 1. The first kappa shape index (κ1) is 26.7. The van der Waals surface area contributed by atoms with E-state index >= 15 is 0 Å². The number of aryl methyl sites for hydroxylation is 1. The van der Waals surface area contributed by atoms with Crippen molar-refractivity contribution in [2.45, 2.75) is 37.0 Å². The minimum absolute atomic E-state index is 0.125. The van der Waals surface area contributed by atoms with Crippen molar-refractivity contribution < 1.29 is 19.0 Å². The fourth-order valence-corrected chi connectivity index (χ4v) is 6.37. The molecule has 2 aromatic carbocycles. The van der Waals surface area contributed by atoms with Crippen LogP contribution >= 0.6 is 23.4 Å². The Hall–Kier alpha value is -2.35. The molecule has 1 N–H and O–H groups in total. The number of halogens is 2. The van der Waals surface area contributed by atoms with Gasteiger partial charge in [-0.2, -0.15) is 0 Å². The molecule has 1 aliphatic heterocycles. The summed E-state index contributed by atoms with van der Waals surface area (Å²) < 4.78 is 18.8. The van der Waals surface area contributed by atoms with Crippen molar-refractivity contribution in [3.8, 4) is 5.75 Å². The number of carboxylic acids is 1. The van der Waals surface area contributed by atoms with Crippen molar-refractivity contribution in [3.63, 3.8) is 0 Å². The zero-order valence-electron chi connectivity index (χ0n) is 20.5. The molecule has 0 saturated carbocycles. The summed E-state index contributed by atoms with van der Waals surface area (Å²) in [4.78, 5) is 19.3. The quantitative estimate of drug-likeness (QED) is 0.283. The maximum absolute atomic E-state index is 13.4. The first-order valence-corrected chi connectivity index (χ1v) is 13.7. The van der Waals surface area contributed by atoms with Crippen molar-refractivity contribution in [1.82, 2.24) is 9.88 Å². The zero-order valence-corrected chi connectivity index (χ0v) is 22.0. The predicted molar refractivity (Wildman–Crippen MR) is 144 cm³/mol. The van der Waals surface area contributed by atoms with Crippen LogP contribution in [0.5, 0.6) is 5.75 Å². The lowest BCUT2D eigenvalue weighted by molar-refractivity contribution is -0.139. The number of methoxy groups -OCH3 is 1. The standard InChI is InChI=1S/C28H32ClFN2O3S/c1-35-22-8-9-27-25(16-22)24(26(29)17-31-27)7-2-4-19-10-11-32(18-20(19)14-28(33)34)12-13-36-23-6-3-5-21(30)15-23/h3,5-6,8-9,15-17,19-20H,2,4,7,10-14,18H2,1H3,(H,33,34)/t19-,20-/m1/s1. The number of likely N-dealkylation sites (tertiary alicyclic amines) is 1. The molecule has 0 unspecified atom stereocenters. The van der Waals surface area contributed by atoms with Crippen LogP contribution in [0.4, 0.5) is 4.39 Å². The molecule has 1 aliphatic rings. The zero-order chi connectivity index (χ0) is 25.5. The molecule has 1 fully saturated rings. The molecule has 0 amide bonds. The van der Waals surface area contributed by atoms with Crippen molar-refractivity contribution in [1.29, 1.82) is 0 Å². The molecule has 2 heterocycles. The largest absolute Gasteiger partial charge is 0.497 e. The van der Waals surface area contributed by atoms with E-state index in [1.54, 1.807) is 37.2 Å². The molecule has 0 aliphatic carbocycles. The third-order valence-electron chi connectivity index (χ3n) is 7.02. The Morgan fingerprint density at radius 1 is 1.28 bits per heavy atom. The van der Waals surface area contributed by atoms with E-state index in [0.29, 0.717) is 10.9 Å². The number of benzene rings is 2. The maximum atomic E-state index is 13.4. The number of ether oxygens (including phenoxy) is 1. The van der Waals surface area contributed by atoms with Gasteiger partial charge in [-0.05, 0) is 86.0 Å². The van der Waals surface area contributed by atoms with Crippen LogP contribution in [0.1, 0.15) is 31.2 Å². The van der Waals surface area contributed by atoms with E-state index in [2.05, 4.69) is 9.88 Å². The van der Waals surface area contributed by atoms with Crippen molar-refractivity contribution in [2.24, 2.45) is 11.8 Å². The summed E-state index contributed by atoms with van der Waals surface area (Å²) in [5, 5.41) is 11.2. The molecule has 0 spiro atoms. The Balaban J connectivity index is 1.33. The number of carbonyl (C=O) groups is 1. The van der Waals surface area contributed by atoms with E-state index < -0.39 is 5.97 Å². The van der Waals surface area contributed by atoms with Crippen molar-refractivity contribution >= 4 is 40.2 Å². The maximum Gasteiger partial charge on any atom is 0.303 e. The van der Waals surface area contributed by atoms with E-state index in [9.17, 15) is 14.3 Å². The molecular formula is C28H32ClFN2O3S. The third kappa shape index (κ3) is 7.11. The number of carboxylic acid groups (broad SMARTS) is 1. The summed E-state index contributed by atoms with van der Waals surface area (Å²) in [6.45, 7) is 2.61. The van der Waals surface area contributed by atoms with E-state index in [0.717, 1.165) is 78.2 Å². The lowest BCUT2D eigenvalue weighted by Gasteiger charge is -2.38. The van der Waals surface area contributed by atoms with Crippen LogP contribution in [0.25, 0.3) is 10.9 Å². The second-order valence-corrected chi connectivity index (χ2v) is 10.9. The number of hydrogen-bond donors (Lipinski definition) is 1. The molecule has 0 bridgehead atoms. The van der Waals surface area contributed by atoms with Gasteiger partial charge in [0.25, 0.3) is 0 Å². The number of thioether (sulfide) groups is 1. The molecule has 1 aromatic heterocycles. The van der Waals surface area contributed by atoms with Gasteiger partial charge in [0.15, 0.2) is 0 Å². The van der Waals surface area contributed by atoms with E-state index in [-0.39, 0.29) is 18.2 Å². The fourth-order valence-electron chi connectivity index (χ4n) is 5.17. The van der Waals surface area contributed by atoms with Gasteiger partial charge in [0.1, 0.15) is 11.6 Å². The van der Waals surface area contributed by atoms with Gasteiger partial charge in [0, 0.05) is 41.7 Å². The summed E-state index contributed by atoms with van der Waals surface area (Å²) in [6, 6.07) is 12.5. The number of piperidine rings is 1. The topological polar surface area (TPSA) is 62.7 Å². The van der Waals surface area contributed by atoms with Gasteiger partial charge in [0.05, 0.1) is 17.6 Å². The normalized spacial score (nSPS) is 18.4. The SMILES string of the molecule is COc1ccc2ncc(Cl)c(CCC[C@@H]3CCN(CCSc4cccc(F)c4)C[C@H]3CC(=O)O)c2c1. The molecule has 8 heteroatoms. The van der Waals surface area contributed by atoms with Crippen molar-refractivity contribution in [3.05, 3.63) is 65.1 Å². The highest BCUT2D eigenvalue weighted by Crippen LogP contribution is 2.33. The van der Waals surface area contributed by atoms with Crippen LogP contribution in [0.2, 0.25) is 5.02 Å². The van der Waals surface area contributed by atoms with Crippen molar-refractivity contribution in [2.75, 3.05) is 32.5 Å². The van der Waals surface area contributed by atoms with Gasteiger partial charge in [-0.15, -0.1) is 11.8 Å². The molecule has 0 radical (unpaired) electrons. The Labute approximate surface area is 221 Å². The van der Waals surface area contributed by atoms with Gasteiger partial charge in [-0.1, -0.05) is 17.7 Å². The summed E-state index contributed by atoms with van der Waals surface area (Å²) >= 11 is 8.16. The number of pyridine rings is 1. The summed E-state index contributed by atoms with van der Waals surface area (Å²) in [5.41, 5.74) is 1.96. The van der Waals surface area contributed by atoms with Crippen LogP contribution in [0.3, 0.4) is 0 Å². The first-order valence-electron chi connectivity index (χ1n) is 12.4. The van der Waals surface area contributed by atoms with Crippen LogP contribution in [-0.4, -0.2) is 53.5 Å². The second-order valence-electron chi connectivity index (χ2n) is 9.37. The highest BCUT2D eigenvalue weighted by Gasteiger charge is 2.30. The Morgan fingerprint density at radius 3 is 2.92 bits per heavy atom. The van der Waals surface area contributed by atoms with Gasteiger partial charge in [0.2, 0.25) is 0 Å². The third-order valence-corrected chi connectivity index (χ3v) is 8.32. The lowest BCUT2D eigenvalue weighted by Crippen LogP contribution is -2.42. The highest BCUT2D eigenvalue weighted by molar-refractivity contribution is 7.99. The van der Waals surface area contributed by atoms with Crippen LogP contribution < -0.4 is 4.74 Å². The predicted octanol–water partition coefficient (Wildman–Crippen LogP) is 6.56. The van der Waals surface area contributed by atoms with Gasteiger partial charge in [-0.25, -0.2) is 4.39 Å². The summed E-state index contributed by atoms with van der Waals surface area (Å²) in [6.07, 6.45) is 5.60. The van der Waals surface area contributed by atoms with Crippen LogP contribution in [0, 0.1) is 17.7 Å². The van der Waals surface area contributed by atoms with E-state index in [1.165, 1.54) is 6.07 Å². The number of rotatable bonds is 11. The smallest absolute Gasteiger partial charge is 0.303 e. The number of aliphatic carboxylic acids is 1. The van der Waals surface area contributed by atoms with Gasteiger partial charge in [-0.3, -0.25) is 9.78 Å². The summed E-state index contributed by atoms with van der Waals surface area (Å²) in [7, 11) is 1.65. The van der Waals surface area contributed by atoms with E-state index in [1.807, 2.05) is 24.3 Å². The fraction of sp³-hybridized carbons (Fsp3) is 0.429. The number of fused-ring (bicyclic) bond motifs is 1. The molecule has 192 valence electrons. The van der Waals surface area contributed by atoms with Crippen LogP contribution in [0.15, 0.2) is 53.6 Å². The molecule has 1 saturated heterocycles. The highest BCUT2D eigenvalue weighted by atomic mass is 35.5. The van der Waals surface area contributed by atoms with Gasteiger partial charge >= 0.3 is 5.97 Å². The number of nitrogens with zero attached hydrogens (tertiary/aromatic N) is 2. The molecule has 5 nitrogen and oxygen atoms in total. The molecule has 36 heavy (non-hydrogen) atoms. The second kappa shape index (κ2) is 12.7. The summed E-state index contributed by atoms with van der Waals surface area (Å²) in [5.74, 6) is 1.16. The average molecular weight is 531 g/mol. The van der Waals surface area contributed by atoms with E-state index in [4.69, 9.17) is 16.3 Å². The minimum Gasteiger partial charge on any atom is -0.497 e. The molecular weight excluding hydrogens is 499 g/mol. The molecule has 4 rings (SSSR count). The van der Waals surface area contributed by atoms with Crippen LogP contribution in [-0.2, 0) is 11.2 Å². The van der Waals surface area contributed by atoms with Gasteiger partial charge < -0.3 is 14.7 Å². The lowest BCUT2D eigenvalue weighted by atomic mass is 9.80. The Bertz CT molecular complexity index is 1190. The average Bonchev–Trinajstić information content (AvgIpc) is 2.86. The first-order chi connectivity index (χ1) is 17.4. The Morgan fingerprint density at radius 2 is 2.14 bits per heavy atom.